The Bertz CT molecular complexity index is 245. The van der Waals surface area contributed by atoms with Crippen LogP contribution >= 0.6 is 11.6 Å². The fourth-order valence-electron chi connectivity index (χ4n) is 1.07. The highest BCUT2D eigenvalue weighted by molar-refractivity contribution is 6.31. The second-order valence-corrected chi connectivity index (χ2v) is 2.68. The third kappa shape index (κ3) is 1.66. The van der Waals surface area contributed by atoms with Crippen molar-refractivity contribution < 1.29 is 4.74 Å². The lowest BCUT2D eigenvalue weighted by molar-refractivity contribution is 0.410. The van der Waals surface area contributed by atoms with Gasteiger partial charge < -0.3 is 4.74 Å². The fourth-order valence-corrected chi connectivity index (χ4v) is 1.37. The Hall–Kier alpha value is -0.690. The molecule has 1 aromatic carbocycles. The van der Waals surface area contributed by atoms with Gasteiger partial charge in [-0.25, -0.2) is 0 Å². The molecule has 1 nitrogen and oxygen atoms in total. The molecule has 11 heavy (non-hydrogen) atoms. The van der Waals surface area contributed by atoms with E-state index in [1.54, 1.807) is 7.11 Å². The number of halogens is 1. The summed E-state index contributed by atoms with van der Waals surface area (Å²) in [6.07, 6.45) is 0.906. The molecule has 60 valence electrons. The Morgan fingerprint density at radius 3 is 2.64 bits per heavy atom. The van der Waals surface area contributed by atoms with Gasteiger partial charge in [0.1, 0.15) is 5.75 Å². The molecular formula is C9H11ClO. The van der Waals surface area contributed by atoms with Crippen molar-refractivity contribution in [1.82, 2.24) is 0 Å². The van der Waals surface area contributed by atoms with Gasteiger partial charge in [0, 0.05) is 10.6 Å². The van der Waals surface area contributed by atoms with Crippen molar-refractivity contribution in [3.8, 4) is 5.75 Å². The molecule has 0 saturated heterocycles. The second kappa shape index (κ2) is 3.63. The summed E-state index contributed by atoms with van der Waals surface area (Å²) < 4.78 is 5.13. The molecular weight excluding hydrogens is 160 g/mol. The predicted octanol–water partition coefficient (Wildman–Crippen LogP) is 2.91. The molecule has 0 aliphatic rings. The first-order valence-corrected chi connectivity index (χ1v) is 3.98. The van der Waals surface area contributed by atoms with Gasteiger partial charge in [0.15, 0.2) is 0 Å². The Labute approximate surface area is 71.9 Å². The van der Waals surface area contributed by atoms with Crippen LogP contribution in [0.3, 0.4) is 0 Å². The lowest BCUT2D eigenvalue weighted by Gasteiger charge is -2.06. The average molecular weight is 171 g/mol. The molecule has 0 aromatic heterocycles. The van der Waals surface area contributed by atoms with Crippen molar-refractivity contribution in [2.45, 2.75) is 13.3 Å². The molecule has 0 aliphatic heterocycles. The first-order valence-electron chi connectivity index (χ1n) is 3.61. The average Bonchev–Trinajstić information content (AvgIpc) is 2.04. The van der Waals surface area contributed by atoms with Gasteiger partial charge in [-0.3, -0.25) is 0 Å². The molecule has 0 N–H and O–H groups in total. The van der Waals surface area contributed by atoms with Crippen LogP contribution in [0, 0.1) is 0 Å². The molecule has 0 bridgehead atoms. The van der Waals surface area contributed by atoms with Gasteiger partial charge in [0.2, 0.25) is 0 Å². The molecule has 0 unspecified atom stereocenters. The molecule has 0 fully saturated rings. The van der Waals surface area contributed by atoms with Gasteiger partial charge in [-0.1, -0.05) is 24.6 Å². The number of ether oxygens (including phenoxy) is 1. The minimum absolute atomic E-state index is 0.784. The van der Waals surface area contributed by atoms with Crippen LogP contribution in [-0.4, -0.2) is 7.11 Å². The van der Waals surface area contributed by atoms with Gasteiger partial charge in [-0.05, 0) is 18.6 Å². The van der Waals surface area contributed by atoms with E-state index in [-0.39, 0.29) is 0 Å². The minimum atomic E-state index is 0.784. The van der Waals surface area contributed by atoms with Crippen molar-refractivity contribution in [2.75, 3.05) is 7.11 Å². The van der Waals surface area contributed by atoms with E-state index in [1.165, 1.54) is 0 Å². The summed E-state index contributed by atoms with van der Waals surface area (Å²) in [6.45, 7) is 2.06. The SMILES string of the molecule is CCc1c(Cl)cccc1OC. The molecule has 1 aromatic rings. The summed E-state index contributed by atoms with van der Waals surface area (Å²) in [7, 11) is 1.66. The van der Waals surface area contributed by atoms with E-state index in [4.69, 9.17) is 16.3 Å². The summed E-state index contributed by atoms with van der Waals surface area (Å²) in [5.74, 6) is 0.875. The number of methoxy groups -OCH3 is 1. The quantitative estimate of drug-likeness (QED) is 0.663. The van der Waals surface area contributed by atoms with Crippen LogP contribution in [-0.2, 0) is 6.42 Å². The maximum Gasteiger partial charge on any atom is 0.123 e. The largest absolute Gasteiger partial charge is 0.496 e. The van der Waals surface area contributed by atoms with E-state index in [0.717, 1.165) is 22.8 Å². The van der Waals surface area contributed by atoms with Crippen molar-refractivity contribution in [3.05, 3.63) is 28.8 Å². The van der Waals surface area contributed by atoms with Gasteiger partial charge in [-0.2, -0.15) is 0 Å². The summed E-state index contributed by atoms with van der Waals surface area (Å²) in [6, 6.07) is 5.69. The highest BCUT2D eigenvalue weighted by Gasteiger charge is 2.03. The maximum absolute atomic E-state index is 5.93. The molecule has 0 spiro atoms. The number of hydrogen-bond acceptors (Lipinski definition) is 1. The van der Waals surface area contributed by atoms with Gasteiger partial charge >= 0.3 is 0 Å². The topological polar surface area (TPSA) is 9.23 Å². The zero-order valence-electron chi connectivity index (χ0n) is 6.73. The van der Waals surface area contributed by atoms with E-state index >= 15 is 0 Å². The molecule has 0 radical (unpaired) electrons. The predicted molar refractivity (Wildman–Crippen MR) is 47.4 cm³/mol. The van der Waals surface area contributed by atoms with Crippen molar-refractivity contribution in [1.29, 1.82) is 0 Å². The second-order valence-electron chi connectivity index (χ2n) is 2.27. The lowest BCUT2D eigenvalue weighted by atomic mass is 10.1. The number of hydrogen-bond donors (Lipinski definition) is 0. The Morgan fingerprint density at radius 2 is 2.18 bits per heavy atom. The van der Waals surface area contributed by atoms with Crippen LogP contribution in [0.5, 0.6) is 5.75 Å². The van der Waals surface area contributed by atoms with E-state index < -0.39 is 0 Å². The van der Waals surface area contributed by atoms with Crippen molar-refractivity contribution in [3.63, 3.8) is 0 Å². The van der Waals surface area contributed by atoms with Crippen LogP contribution in [0.15, 0.2) is 18.2 Å². The van der Waals surface area contributed by atoms with E-state index in [9.17, 15) is 0 Å². The molecule has 0 aliphatic carbocycles. The monoisotopic (exact) mass is 170 g/mol. The number of rotatable bonds is 2. The summed E-state index contributed by atoms with van der Waals surface area (Å²) >= 11 is 5.93. The lowest BCUT2D eigenvalue weighted by Crippen LogP contribution is -1.90. The summed E-state index contributed by atoms with van der Waals surface area (Å²) in [5.41, 5.74) is 1.08. The third-order valence-electron chi connectivity index (χ3n) is 1.65. The maximum atomic E-state index is 5.93. The normalized spacial score (nSPS) is 9.73. The summed E-state index contributed by atoms with van der Waals surface area (Å²) in [4.78, 5) is 0. The Kier molecular flexibility index (Phi) is 2.77. The molecule has 0 amide bonds. The standard InChI is InChI=1S/C9H11ClO/c1-3-7-8(10)5-4-6-9(7)11-2/h4-6H,3H2,1-2H3. The van der Waals surface area contributed by atoms with Crippen LogP contribution in [0.2, 0.25) is 5.02 Å². The van der Waals surface area contributed by atoms with Gasteiger partial charge in [0.05, 0.1) is 7.11 Å². The highest BCUT2D eigenvalue weighted by Crippen LogP contribution is 2.25. The van der Waals surface area contributed by atoms with Crippen LogP contribution in [0.25, 0.3) is 0 Å². The summed E-state index contributed by atoms with van der Waals surface area (Å²) in [5, 5.41) is 0.784. The van der Waals surface area contributed by atoms with Gasteiger partial charge in [-0.15, -0.1) is 0 Å². The minimum Gasteiger partial charge on any atom is -0.496 e. The Balaban J connectivity index is 3.13. The highest BCUT2D eigenvalue weighted by atomic mass is 35.5. The number of benzene rings is 1. The molecule has 0 atom stereocenters. The molecule has 2 heteroatoms. The van der Waals surface area contributed by atoms with Crippen LogP contribution in [0.4, 0.5) is 0 Å². The van der Waals surface area contributed by atoms with Crippen LogP contribution < -0.4 is 4.74 Å². The van der Waals surface area contributed by atoms with E-state index in [1.807, 2.05) is 18.2 Å². The van der Waals surface area contributed by atoms with E-state index in [0.29, 0.717) is 0 Å². The van der Waals surface area contributed by atoms with Gasteiger partial charge in [0.25, 0.3) is 0 Å². The smallest absolute Gasteiger partial charge is 0.123 e. The van der Waals surface area contributed by atoms with Crippen molar-refractivity contribution in [2.24, 2.45) is 0 Å². The third-order valence-corrected chi connectivity index (χ3v) is 2.00. The first kappa shape index (κ1) is 8.41. The molecule has 0 heterocycles. The zero-order chi connectivity index (χ0) is 8.27. The van der Waals surface area contributed by atoms with E-state index in [2.05, 4.69) is 6.92 Å². The Morgan fingerprint density at radius 1 is 1.45 bits per heavy atom. The van der Waals surface area contributed by atoms with Crippen LogP contribution in [0.1, 0.15) is 12.5 Å². The molecule has 0 saturated carbocycles. The van der Waals surface area contributed by atoms with Crippen molar-refractivity contribution >= 4 is 11.6 Å². The zero-order valence-corrected chi connectivity index (χ0v) is 7.48. The molecule has 1 rings (SSSR count). The fraction of sp³-hybridized carbons (Fsp3) is 0.333. The first-order chi connectivity index (χ1) is 5.29.